The van der Waals surface area contributed by atoms with Gasteiger partial charge < -0.3 is 9.88 Å². The number of nitrogens with one attached hydrogen (secondary N) is 1. The Hall–Kier alpha value is -3.06. The molecule has 0 aliphatic heterocycles. The predicted octanol–water partition coefficient (Wildman–Crippen LogP) is 7.87. The van der Waals surface area contributed by atoms with Crippen molar-refractivity contribution in [3.63, 3.8) is 0 Å². The fraction of sp³-hybridized carbons (Fsp3) is 0.143. The number of halogens is 3. The number of nitrogens with zero attached hydrogens (tertiary/aromatic N) is 3. The molecule has 0 saturated heterocycles. The minimum Gasteiger partial charge on any atom is -0.340 e. The largest absolute Gasteiger partial charge is 0.340 e. The molecule has 8 heteroatoms. The number of anilines is 1. The number of hydrogen-bond donors (Lipinski definition) is 1. The van der Waals surface area contributed by atoms with Crippen molar-refractivity contribution < 1.29 is 4.79 Å². The second-order valence-electron chi connectivity index (χ2n) is 8.73. The quantitative estimate of drug-likeness (QED) is 0.222. The number of fused-ring (bicyclic) bond motifs is 1. The van der Waals surface area contributed by atoms with Crippen molar-refractivity contribution in [1.29, 1.82) is 0 Å². The summed E-state index contributed by atoms with van der Waals surface area (Å²) >= 11 is 15.8. The van der Waals surface area contributed by atoms with Gasteiger partial charge >= 0.3 is 0 Å². The molecule has 2 heterocycles. The lowest BCUT2D eigenvalue weighted by molar-refractivity contribution is 0.102. The van der Waals surface area contributed by atoms with Gasteiger partial charge in [-0.2, -0.15) is 5.10 Å². The Balaban J connectivity index is 1.37. The Morgan fingerprint density at radius 3 is 2.53 bits per heavy atom. The predicted molar refractivity (Wildman–Crippen MR) is 150 cm³/mol. The zero-order valence-corrected chi connectivity index (χ0v) is 22.8. The summed E-state index contributed by atoms with van der Waals surface area (Å²) in [5, 5.41) is 9.66. The molecule has 0 atom stereocenters. The Labute approximate surface area is 227 Å². The summed E-state index contributed by atoms with van der Waals surface area (Å²) in [6, 6.07) is 21.6. The fourth-order valence-corrected chi connectivity index (χ4v) is 5.21. The van der Waals surface area contributed by atoms with Gasteiger partial charge in [0.2, 0.25) is 0 Å². The van der Waals surface area contributed by atoms with E-state index in [9.17, 15) is 4.79 Å². The number of rotatable bonds is 6. The van der Waals surface area contributed by atoms with Gasteiger partial charge in [-0.1, -0.05) is 59.6 Å². The molecule has 1 N–H and O–H groups in total. The van der Waals surface area contributed by atoms with Crippen LogP contribution in [0.5, 0.6) is 0 Å². The average molecular weight is 582 g/mol. The van der Waals surface area contributed by atoms with Crippen molar-refractivity contribution in [2.45, 2.75) is 26.9 Å². The van der Waals surface area contributed by atoms with Gasteiger partial charge in [-0.3, -0.25) is 9.48 Å². The van der Waals surface area contributed by atoms with E-state index in [1.807, 2.05) is 30.3 Å². The van der Waals surface area contributed by atoms with Gasteiger partial charge in [0.15, 0.2) is 5.82 Å². The van der Waals surface area contributed by atoms with Gasteiger partial charge in [-0.15, -0.1) is 0 Å². The Morgan fingerprint density at radius 1 is 1.00 bits per heavy atom. The number of aryl methyl sites for hydroxylation is 1. The Bertz CT molecular complexity index is 1590. The van der Waals surface area contributed by atoms with Crippen LogP contribution in [0.25, 0.3) is 10.9 Å². The van der Waals surface area contributed by atoms with E-state index in [0.717, 1.165) is 23.0 Å². The van der Waals surface area contributed by atoms with E-state index in [0.29, 0.717) is 32.4 Å². The fourth-order valence-electron chi connectivity index (χ4n) is 4.33. The van der Waals surface area contributed by atoms with Crippen LogP contribution in [0.3, 0.4) is 0 Å². The molecule has 5 nitrogen and oxygen atoms in total. The molecule has 5 aromatic rings. The van der Waals surface area contributed by atoms with Gasteiger partial charge in [0.1, 0.15) is 0 Å². The van der Waals surface area contributed by atoms with Crippen molar-refractivity contribution in [1.82, 2.24) is 14.3 Å². The molecule has 1 amide bonds. The lowest BCUT2D eigenvalue weighted by Crippen LogP contribution is -2.13. The molecule has 182 valence electrons. The first-order chi connectivity index (χ1) is 17.3. The molecule has 0 saturated carbocycles. The highest BCUT2D eigenvalue weighted by molar-refractivity contribution is 9.10. The van der Waals surface area contributed by atoms with Crippen LogP contribution in [-0.2, 0) is 13.1 Å². The molecular weight excluding hydrogens is 559 g/mol. The van der Waals surface area contributed by atoms with E-state index in [1.54, 1.807) is 23.0 Å². The summed E-state index contributed by atoms with van der Waals surface area (Å²) in [6.07, 6.45) is 1.81. The second-order valence-corrected chi connectivity index (χ2v) is 10.4. The van der Waals surface area contributed by atoms with Crippen molar-refractivity contribution in [3.8, 4) is 0 Å². The number of carbonyl (C=O) groups is 1. The highest BCUT2D eigenvalue weighted by atomic mass is 79.9. The summed E-state index contributed by atoms with van der Waals surface area (Å²) < 4.78 is 4.69. The molecule has 0 unspecified atom stereocenters. The molecule has 36 heavy (non-hydrogen) atoms. The molecule has 0 bridgehead atoms. The van der Waals surface area contributed by atoms with E-state index in [2.05, 4.69) is 69.0 Å². The SMILES string of the molecule is Cc1c(C)n(Cc2ccccc2)c2ccc(C(=O)Nc3nn(Cc4ccc(Cl)cc4Cl)cc3Br)cc12. The molecule has 0 aliphatic rings. The minimum absolute atomic E-state index is 0.222. The Morgan fingerprint density at radius 2 is 1.78 bits per heavy atom. The van der Waals surface area contributed by atoms with Crippen molar-refractivity contribution in [3.05, 3.63) is 115 Å². The van der Waals surface area contributed by atoms with Crippen LogP contribution in [0.1, 0.15) is 32.7 Å². The van der Waals surface area contributed by atoms with E-state index in [-0.39, 0.29) is 5.91 Å². The van der Waals surface area contributed by atoms with Crippen LogP contribution >= 0.6 is 39.1 Å². The van der Waals surface area contributed by atoms with Crippen molar-refractivity contribution >= 4 is 61.8 Å². The summed E-state index contributed by atoms with van der Waals surface area (Å²) in [5.74, 6) is 0.222. The molecule has 0 spiro atoms. The Kier molecular flexibility index (Phi) is 6.93. The maximum Gasteiger partial charge on any atom is 0.256 e. The molecule has 0 fully saturated rings. The van der Waals surface area contributed by atoms with E-state index in [4.69, 9.17) is 23.2 Å². The third kappa shape index (κ3) is 4.94. The molecule has 5 rings (SSSR count). The monoisotopic (exact) mass is 580 g/mol. The number of benzene rings is 3. The van der Waals surface area contributed by atoms with Crippen molar-refractivity contribution in [2.24, 2.45) is 0 Å². The smallest absolute Gasteiger partial charge is 0.256 e. The first-order valence-corrected chi connectivity index (χ1v) is 13.0. The minimum atomic E-state index is -0.222. The number of amides is 1. The third-order valence-electron chi connectivity index (χ3n) is 6.38. The number of carbonyl (C=O) groups excluding carboxylic acids is 1. The maximum atomic E-state index is 13.1. The van der Waals surface area contributed by atoms with Gasteiger partial charge in [-0.05, 0) is 76.8 Å². The summed E-state index contributed by atoms with van der Waals surface area (Å²) in [5.41, 5.74) is 6.15. The zero-order valence-electron chi connectivity index (χ0n) is 19.7. The van der Waals surface area contributed by atoms with E-state index in [1.165, 1.54) is 16.8 Å². The lowest BCUT2D eigenvalue weighted by atomic mass is 10.1. The molecule has 0 aliphatic carbocycles. The van der Waals surface area contributed by atoms with Gasteiger partial charge in [0.05, 0.1) is 11.0 Å². The van der Waals surface area contributed by atoms with E-state index < -0.39 is 0 Å². The van der Waals surface area contributed by atoms with Crippen LogP contribution in [0.2, 0.25) is 10.0 Å². The second kappa shape index (κ2) is 10.1. The van der Waals surface area contributed by atoms with Gasteiger partial charge in [0.25, 0.3) is 5.91 Å². The molecular formula is C28H23BrCl2N4O. The lowest BCUT2D eigenvalue weighted by Gasteiger charge is -2.09. The first-order valence-electron chi connectivity index (χ1n) is 11.4. The maximum absolute atomic E-state index is 13.1. The highest BCUT2D eigenvalue weighted by Crippen LogP contribution is 2.29. The standard InChI is InChI=1S/C28H23BrCl2N4O/c1-17-18(2)35(14-19-6-4-3-5-7-19)26-11-9-20(12-23(17)26)28(36)32-27-24(29)16-34(33-27)15-21-8-10-22(30)13-25(21)31/h3-13,16H,14-15H2,1-2H3,(H,32,33,36). The highest BCUT2D eigenvalue weighted by Gasteiger charge is 2.17. The molecule has 3 aromatic carbocycles. The van der Waals surface area contributed by atoms with Crippen molar-refractivity contribution in [2.75, 3.05) is 5.32 Å². The normalized spacial score (nSPS) is 11.2. The molecule has 2 aromatic heterocycles. The van der Waals surface area contributed by atoms with Crippen LogP contribution in [0.15, 0.2) is 77.4 Å². The summed E-state index contributed by atoms with van der Waals surface area (Å²) in [6.45, 7) is 5.45. The average Bonchev–Trinajstić information content (AvgIpc) is 3.32. The van der Waals surface area contributed by atoms with Crippen LogP contribution in [0, 0.1) is 13.8 Å². The van der Waals surface area contributed by atoms with E-state index >= 15 is 0 Å². The van der Waals surface area contributed by atoms with Crippen LogP contribution < -0.4 is 5.32 Å². The first kappa shape index (κ1) is 24.6. The van der Waals surface area contributed by atoms with Crippen LogP contribution in [0.4, 0.5) is 5.82 Å². The van der Waals surface area contributed by atoms with Gasteiger partial charge in [-0.25, -0.2) is 0 Å². The third-order valence-corrected chi connectivity index (χ3v) is 7.55. The number of aromatic nitrogens is 3. The zero-order chi connectivity index (χ0) is 25.4. The number of hydrogen-bond acceptors (Lipinski definition) is 2. The van der Waals surface area contributed by atoms with Crippen LogP contribution in [-0.4, -0.2) is 20.3 Å². The molecule has 0 radical (unpaired) electrons. The van der Waals surface area contributed by atoms with Gasteiger partial charge in [0, 0.05) is 44.9 Å². The summed E-state index contributed by atoms with van der Waals surface area (Å²) in [7, 11) is 0. The topological polar surface area (TPSA) is 51.9 Å². The summed E-state index contributed by atoms with van der Waals surface area (Å²) in [4.78, 5) is 13.1.